The normalized spacial score (nSPS) is 11.0. The molecule has 0 aliphatic carbocycles. The van der Waals surface area contributed by atoms with Gasteiger partial charge in [0.05, 0.1) is 20.8 Å². The fourth-order valence-corrected chi connectivity index (χ4v) is 2.38. The van der Waals surface area contributed by atoms with Crippen molar-refractivity contribution < 1.29 is 4.42 Å². The van der Waals surface area contributed by atoms with Crippen LogP contribution in [-0.4, -0.2) is 15.2 Å². The van der Waals surface area contributed by atoms with Crippen molar-refractivity contribution in [2.75, 3.05) is 0 Å². The smallest absolute Gasteiger partial charge is 0.249 e. The van der Waals surface area contributed by atoms with E-state index in [1.165, 1.54) is 6.39 Å². The monoisotopic (exact) mass is 217 g/mol. The Bertz CT molecular complexity index is 600. The van der Waals surface area contributed by atoms with E-state index in [1.807, 2.05) is 25.1 Å². The highest BCUT2D eigenvalue weighted by molar-refractivity contribution is 7.18. The van der Waals surface area contributed by atoms with Crippen molar-refractivity contribution in [3.63, 3.8) is 0 Å². The van der Waals surface area contributed by atoms with Crippen molar-refractivity contribution in [3.05, 3.63) is 29.6 Å². The zero-order valence-corrected chi connectivity index (χ0v) is 8.78. The van der Waals surface area contributed by atoms with Gasteiger partial charge in [-0.1, -0.05) is 6.07 Å². The van der Waals surface area contributed by atoms with E-state index in [9.17, 15) is 0 Å². The summed E-state index contributed by atoms with van der Waals surface area (Å²) in [6, 6.07) is 5.95. The molecule has 0 saturated carbocycles. The Kier molecular flexibility index (Phi) is 1.78. The van der Waals surface area contributed by atoms with Gasteiger partial charge >= 0.3 is 0 Å². The maximum absolute atomic E-state index is 5.18. The molecule has 2 aromatic heterocycles. The highest BCUT2D eigenvalue weighted by Gasteiger charge is 2.11. The highest BCUT2D eigenvalue weighted by Crippen LogP contribution is 2.29. The molecule has 0 spiro atoms. The Morgan fingerprint density at radius 3 is 3.07 bits per heavy atom. The minimum Gasteiger partial charge on any atom is -0.423 e. The van der Waals surface area contributed by atoms with Crippen LogP contribution in [0.25, 0.3) is 21.7 Å². The molecule has 0 fully saturated rings. The zero-order valence-electron chi connectivity index (χ0n) is 7.97. The number of benzene rings is 1. The molecular formula is C10H7N3OS. The Labute approximate surface area is 89.6 Å². The molecule has 5 heteroatoms. The number of fused-ring (bicyclic) bond motifs is 1. The lowest BCUT2D eigenvalue weighted by atomic mass is 10.2. The second-order valence-electron chi connectivity index (χ2n) is 3.13. The van der Waals surface area contributed by atoms with E-state index >= 15 is 0 Å². The van der Waals surface area contributed by atoms with Crippen LogP contribution in [0, 0.1) is 6.92 Å². The van der Waals surface area contributed by atoms with Crippen molar-refractivity contribution in [1.29, 1.82) is 0 Å². The van der Waals surface area contributed by atoms with Crippen LogP contribution in [0.1, 0.15) is 5.01 Å². The molecule has 0 amide bonds. The van der Waals surface area contributed by atoms with Gasteiger partial charge in [0.25, 0.3) is 0 Å². The van der Waals surface area contributed by atoms with Crippen LogP contribution in [0.3, 0.4) is 0 Å². The summed E-state index contributed by atoms with van der Waals surface area (Å²) >= 11 is 1.66. The molecule has 3 rings (SSSR count). The predicted octanol–water partition coefficient (Wildman–Crippen LogP) is 2.65. The summed E-state index contributed by atoms with van der Waals surface area (Å²) in [5.41, 5.74) is 1.83. The molecule has 3 aromatic rings. The summed E-state index contributed by atoms with van der Waals surface area (Å²) in [5.74, 6) is 0.519. The molecule has 0 bridgehead atoms. The van der Waals surface area contributed by atoms with Crippen LogP contribution in [-0.2, 0) is 0 Å². The third-order valence-corrected chi connectivity index (χ3v) is 3.05. The molecule has 0 aliphatic heterocycles. The van der Waals surface area contributed by atoms with E-state index in [2.05, 4.69) is 15.2 Å². The number of para-hydroxylation sites is 1. The summed E-state index contributed by atoms with van der Waals surface area (Å²) in [4.78, 5) is 4.46. The minimum absolute atomic E-state index is 0.519. The fraction of sp³-hybridized carbons (Fsp3) is 0.100. The Balaban J connectivity index is 2.35. The number of aryl methyl sites for hydroxylation is 1. The van der Waals surface area contributed by atoms with Crippen molar-refractivity contribution in [1.82, 2.24) is 15.2 Å². The molecule has 15 heavy (non-hydrogen) atoms. The number of thiazole rings is 1. The van der Waals surface area contributed by atoms with Gasteiger partial charge in [0.15, 0.2) is 0 Å². The first-order chi connectivity index (χ1) is 7.34. The lowest BCUT2D eigenvalue weighted by Crippen LogP contribution is -1.80. The largest absolute Gasteiger partial charge is 0.423 e. The Morgan fingerprint density at radius 2 is 2.27 bits per heavy atom. The first-order valence-corrected chi connectivity index (χ1v) is 5.29. The molecule has 0 atom stereocenters. The van der Waals surface area contributed by atoms with Gasteiger partial charge in [-0.2, -0.15) is 0 Å². The topological polar surface area (TPSA) is 51.8 Å². The quantitative estimate of drug-likeness (QED) is 0.628. The summed E-state index contributed by atoms with van der Waals surface area (Å²) in [5, 5.41) is 8.60. The zero-order chi connectivity index (χ0) is 10.3. The van der Waals surface area contributed by atoms with Crippen LogP contribution in [0.2, 0.25) is 0 Å². The van der Waals surface area contributed by atoms with Crippen molar-refractivity contribution in [2.24, 2.45) is 0 Å². The summed E-state index contributed by atoms with van der Waals surface area (Å²) in [6.45, 7) is 1.99. The van der Waals surface area contributed by atoms with Gasteiger partial charge in [0.1, 0.15) is 0 Å². The molecule has 4 nitrogen and oxygen atoms in total. The Hall–Kier alpha value is -1.75. The molecule has 1 aromatic carbocycles. The van der Waals surface area contributed by atoms with Gasteiger partial charge in [-0.15, -0.1) is 21.5 Å². The van der Waals surface area contributed by atoms with E-state index in [4.69, 9.17) is 4.42 Å². The summed E-state index contributed by atoms with van der Waals surface area (Å²) in [6.07, 6.45) is 1.33. The number of aromatic nitrogens is 3. The average molecular weight is 217 g/mol. The third-order valence-electron chi connectivity index (χ3n) is 2.12. The molecule has 0 unspecified atom stereocenters. The van der Waals surface area contributed by atoms with Gasteiger partial charge in [-0.05, 0) is 19.1 Å². The maximum Gasteiger partial charge on any atom is 0.249 e. The number of hydrogen-bond acceptors (Lipinski definition) is 5. The van der Waals surface area contributed by atoms with E-state index < -0.39 is 0 Å². The van der Waals surface area contributed by atoms with Crippen LogP contribution in [0.5, 0.6) is 0 Å². The van der Waals surface area contributed by atoms with Crippen molar-refractivity contribution in [3.8, 4) is 11.5 Å². The van der Waals surface area contributed by atoms with Crippen LogP contribution in [0.4, 0.5) is 0 Å². The first-order valence-electron chi connectivity index (χ1n) is 4.47. The predicted molar refractivity (Wildman–Crippen MR) is 57.6 cm³/mol. The Morgan fingerprint density at radius 1 is 1.33 bits per heavy atom. The standard InChI is InChI=1S/C10H7N3OS/c1-6-12-9-7(10-13-11-5-14-10)3-2-4-8(9)15-6/h2-5H,1H3. The SMILES string of the molecule is Cc1nc2c(-c3nnco3)cccc2s1. The lowest BCUT2D eigenvalue weighted by Gasteiger charge is -1.94. The van der Waals surface area contributed by atoms with Crippen LogP contribution < -0.4 is 0 Å². The van der Waals surface area contributed by atoms with Gasteiger partial charge < -0.3 is 4.42 Å². The maximum atomic E-state index is 5.18. The lowest BCUT2D eigenvalue weighted by molar-refractivity contribution is 0.569. The molecule has 74 valence electrons. The second kappa shape index (κ2) is 3.13. The second-order valence-corrected chi connectivity index (χ2v) is 4.36. The molecule has 0 radical (unpaired) electrons. The van der Waals surface area contributed by atoms with E-state index in [0.29, 0.717) is 5.89 Å². The fourth-order valence-electron chi connectivity index (χ4n) is 1.52. The van der Waals surface area contributed by atoms with E-state index in [0.717, 1.165) is 20.8 Å². The first kappa shape index (κ1) is 8.55. The van der Waals surface area contributed by atoms with Gasteiger partial charge in [-0.3, -0.25) is 0 Å². The van der Waals surface area contributed by atoms with Crippen molar-refractivity contribution in [2.45, 2.75) is 6.92 Å². The molecule has 0 aliphatic rings. The van der Waals surface area contributed by atoms with Crippen LogP contribution in [0.15, 0.2) is 29.0 Å². The minimum atomic E-state index is 0.519. The molecule has 2 heterocycles. The van der Waals surface area contributed by atoms with Crippen LogP contribution >= 0.6 is 11.3 Å². The van der Waals surface area contributed by atoms with E-state index in [1.54, 1.807) is 11.3 Å². The van der Waals surface area contributed by atoms with E-state index in [-0.39, 0.29) is 0 Å². The number of nitrogens with zero attached hydrogens (tertiary/aromatic N) is 3. The summed E-state index contributed by atoms with van der Waals surface area (Å²) in [7, 11) is 0. The van der Waals surface area contributed by atoms with Gasteiger partial charge in [0.2, 0.25) is 12.3 Å². The molecule has 0 N–H and O–H groups in total. The third kappa shape index (κ3) is 1.32. The summed E-state index contributed by atoms with van der Waals surface area (Å²) < 4.78 is 6.32. The van der Waals surface area contributed by atoms with Gasteiger partial charge in [0, 0.05) is 0 Å². The highest BCUT2D eigenvalue weighted by atomic mass is 32.1. The molecular weight excluding hydrogens is 210 g/mol. The average Bonchev–Trinajstić information content (AvgIpc) is 2.82. The van der Waals surface area contributed by atoms with Gasteiger partial charge in [-0.25, -0.2) is 4.98 Å². The molecule has 0 saturated heterocycles. The van der Waals surface area contributed by atoms with Crippen molar-refractivity contribution >= 4 is 21.6 Å². The number of hydrogen-bond donors (Lipinski definition) is 0. The number of rotatable bonds is 1.